The second kappa shape index (κ2) is 6.01. The van der Waals surface area contributed by atoms with Gasteiger partial charge in [-0.2, -0.15) is 0 Å². The molecule has 0 spiro atoms. The van der Waals surface area contributed by atoms with Gasteiger partial charge in [-0.15, -0.1) is 0 Å². The lowest BCUT2D eigenvalue weighted by molar-refractivity contribution is 0.970. The van der Waals surface area contributed by atoms with E-state index in [-0.39, 0.29) is 0 Å². The van der Waals surface area contributed by atoms with E-state index in [0.717, 1.165) is 35.2 Å². The molecule has 3 aromatic rings. The van der Waals surface area contributed by atoms with Crippen molar-refractivity contribution < 1.29 is 0 Å². The van der Waals surface area contributed by atoms with Crippen molar-refractivity contribution in [3.8, 4) is 11.4 Å². The molecule has 0 unspecified atom stereocenters. The summed E-state index contributed by atoms with van der Waals surface area (Å²) in [5.41, 5.74) is 1.55. The molecule has 0 aliphatic heterocycles. The van der Waals surface area contributed by atoms with Crippen LogP contribution in [0.5, 0.6) is 0 Å². The highest BCUT2D eigenvalue weighted by Gasteiger charge is 2.11. The van der Waals surface area contributed by atoms with E-state index in [1.807, 2.05) is 12.1 Å². The predicted octanol–water partition coefficient (Wildman–Crippen LogP) is 3.56. The molecule has 0 saturated carbocycles. The molecule has 3 rings (SSSR count). The summed E-state index contributed by atoms with van der Waals surface area (Å²) in [4.78, 5) is 17.3. The lowest BCUT2D eigenvalue weighted by Crippen LogP contribution is -2.05. The third-order valence-corrected chi connectivity index (χ3v) is 3.36. The predicted molar refractivity (Wildman–Crippen MR) is 84.4 cm³/mol. The lowest BCUT2D eigenvalue weighted by Gasteiger charge is -2.10. The summed E-state index contributed by atoms with van der Waals surface area (Å²) >= 11 is 6.19. The third kappa shape index (κ3) is 2.78. The third-order valence-electron chi connectivity index (χ3n) is 3.06. The van der Waals surface area contributed by atoms with Crippen LogP contribution in [0.15, 0.2) is 36.9 Å². The second-order valence-corrected chi connectivity index (χ2v) is 4.98. The first-order valence-corrected chi connectivity index (χ1v) is 7.13. The van der Waals surface area contributed by atoms with Crippen LogP contribution in [0.25, 0.3) is 22.3 Å². The van der Waals surface area contributed by atoms with Crippen LogP contribution in [0.4, 0.5) is 5.82 Å². The Labute approximate surface area is 127 Å². The molecule has 0 aliphatic carbocycles. The normalized spacial score (nSPS) is 10.8. The van der Waals surface area contributed by atoms with Gasteiger partial charge in [0.25, 0.3) is 0 Å². The van der Waals surface area contributed by atoms with E-state index in [9.17, 15) is 0 Å². The Morgan fingerprint density at radius 2 is 1.90 bits per heavy atom. The molecule has 6 heteroatoms. The summed E-state index contributed by atoms with van der Waals surface area (Å²) in [6.45, 7) is 2.95. The standard InChI is InChI=1S/C15H14ClN5/c1-2-5-19-14-11-4-7-18-9-13(11)20-15(21-14)10-3-6-17-8-12(10)16/h3-4,6-9H,2,5H2,1H3,(H,19,20,21). The number of halogens is 1. The molecule has 0 aromatic carbocycles. The van der Waals surface area contributed by atoms with Crippen LogP contribution in [0, 0.1) is 0 Å². The van der Waals surface area contributed by atoms with Crippen molar-refractivity contribution in [2.45, 2.75) is 13.3 Å². The molecule has 21 heavy (non-hydrogen) atoms. The minimum atomic E-state index is 0.530. The fourth-order valence-electron chi connectivity index (χ4n) is 2.04. The van der Waals surface area contributed by atoms with Crippen molar-refractivity contribution in [2.24, 2.45) is 0 Å². The Morgan fingerprint density at radius 3 is 2.71 bits per heavy atom. The van der Waals surface area contributed by atoms with Gasteiger partial charge >= 0.3 is 0 Å². The van der Waals surface area contributed by atoms with E-state index in [2.05, 4.69) is 32.2 Å². The van der Waals surface area contributed by atoms with Crippen molar-refractivity contribution in [1.29, 1.82) is 0 Å². The topological polar surface area (TPSA) is 63.6 Å². The first kappa shape index (κ1) is 13.7. The van der Waals surface area contributed by atoms with E-state index in [0.29, 0.717) is 10.8 Å². The number of anilines is 1. The molecule has 0 radical (unpaired) electrons. The Balaban J connectivity index is 2.18. The summed E-state index contributed by atoms with van der Waals surface area (Å²) in [7, 11) is 0. The van der Waals surface area contributed by atoms with Crippen molar-refractivity contribution in [2.75, 3.05) is 11.9 Å². The SMILES string of the molecule is CCCNc1nc(-c2ccncc2Cl)nc2cnccc12. The molecule has 3 heterocycles. The second-order valence-electron chi connectivity index (χ2n) is 4.57. The van der Waals surface area contributed by atoms with E-state index < -0.39 is 0 Å². The molecule has 0 amide bonds. The van der Waals surface area contributed by atoms with Gasteiger partial charge in [0.2, 0.25) is 0 Å². The maximum Gasteiger partial charge on any atom is 0.163 e. The Kier molecular flexibility index (Phi) is 3.92. The van der Waals surface area contributed by atoms with Gasteiger partial charge < -0.3 is 5.32 Å². The molecule has 106 valence electrons. The minimum absolute atomic E-state index is 0.530. The maximum absolute atomic E-state index is 6.19. The van der Waals surface area contributed by atoms with Gasteiger partial charge in [-0.05, 0) is 18.6 Å². The molecule has 1 N–H and O–H groups in total. The molecule has 0 saturated heterocycles. The fraction of sp³-hybridized carbons (Fsp3) is 0.200. The number of hydrogen-bond donors (Lipinski definition) is 1. The van der Waals surface area contributed by atoms with Gasteiger partial charge in [0.05, 0.1) is 16.7 Å². The molecule has 0 fully saturated rings. The van der Waals surface area contributed by atoms with Crippen LogP contribution in [0.1, 0.15) is 13.3 Å². The number of nitrogens with zero attached hydrogens (tertiary/aromatic N) is 4. The van der Waals surface area contributed by atoms with Crippen molar-refractivity contribution in [1.82, 2.24) is 19.9 Å². The minimum Gasteiger partial charge on any atom is -0.369 e. The summed E-state index contributed by atoms with van der Waals surface area (Å²) in [6.07, 6.45) is 7.75. The van der Waals surface area contributed by atoms with E-state index in [1.165, 1.54) is 0 Å². The molecule has 3 aromatic heterocycles. The zero-order valence-electron chi connectivity index (χ0n) is 11.5. The highest BCUT2D eigenvalue weighted by atomic mass is 35.5. The average molecular weight is 300 g/mol. The summed E-state index contributed by atoms with van der Waals surface area (Å²) < 4.78 is 0. The molecule has 0 atom stereocenters. The average Bonchev–Trinajstić information content (AvgIpc) is 2.53. The molecule has 0 aliphatic rings. The van der Waals surface area contributed by atoms with Crippen LogP contribution in [0.2, 0.25) is 5.02 Å². The largest absolute Gasteiger partial charge is 0.369 e. The van der Waals surface area contributed by atoms with Gasteiger partial charge in [0, 0.05) is 36.1 Å². The zero-order chi connectivity index (χ0) is 14.7. The van der Waals surface area contributed by atoms with Crippen LogP contribution in [-0.2, 0) is 0 Å². The Hall–Kier alpha value is -2.27. The zero-order valence-corrected chi connectivity index (χ0v) is 12.3. The molecular formula is C15H14ClN5. The van der Waals surface area contributed by atoms with Crippen molar-refractivity contribution in [3.63, 3.8) is 0 Å². The van der Waals surface area contributed by atoms with Crippen LogP contribution >= 0.6 is 11.6 Å². The quantitative estimate of drug-likeness (QED) is 0.798. The van der Waals surface area contributed by atoms with Gasteiger partial charge in [-0.1, -0.05) is 18.5 Å². The summed E-state index contributed by atoms with van der Waals surface area (Å²) in [5.74, 6) is 1.37. The highest BCUT2D eigenvalue weighted by Crippen LogP contribution is 2.28. The maximum atomic E-state index is 6.19. The Morgan fingerprint density at radius 1 is 1.10 bits per heavy atom. The number of pyridine rings is 2. The van der Waals surface area contributed by atoms with Crippen LogP contribution in [-0.4, -0.2) is 26.5 Å². The number of aromatic nitrogens is 4. The fourth-order valence-corrected chi connectivity index (χ4v) is 2.24. The smallest absolute Gasteiger partial charge is 0.163 e. The van der Waals surface area contributed by atoms with Gasteiger partial charge in [0.15, 0.2) is 5.82 Å². The first-order valence-electron chi connectivity index (χ1n) is 6.75. The summed E-state index contributed by atoms with van der Waals surface area (Å²) in [6, 6.07) is 3.72. The van der Waals surface area contributed by atoms with E-state index >= 15 is 0 Å². The van der Waals surface area contributed by atoms with Crippen molar-refractivity contribution >= 4 is 28.3 Å². The van der Waals surface area contributed by atoms with Gasteiger partial charge in [-0.3, -0.25) is 9.97 Å². The van der Waals surface area contributed by atoms with E-state index in [4.69, 9.17) is 11.6 Å². The molecule has 5 nitrogen and oxygen atoms in total. The molecule has 0 bridgehead atoms. The summed E-state index contributed by atoms with van der Waals surface area (Å²) in [5, 5.41) is 4.81. The van der Waals surface area contributed by atoms with Crippen LogP contribution in [0.3, 0.4) is 0 Å². The molecular weight excluding hydrogens is 286 g/mol. The first-order chi connectivity index (χ1) is 10.3. The number of rotatable bonds is 4. The monoisotopic (exact) mass is 299 g/mol. The highest BCUT2D eigenvalue weighted by molar-refractivity contribution is 6.33. The van der Waals surface area contributed by atoms with Gasteiger partial charge in [-0.25, -0.2) is 9.97 Å². The lowest BCUT2D eigenvalue weighted by atomic mass is 10.2. The number of nitrogens with one attached hydrogen (secondary N) is 1. The van der Waals surface area contributed by atoms with Crippen LogP contribution < -0.4 is 5.32 Å². The Bertz CT molecular complexity index is 775. The number of hydrogen-bond acceptors (Lipinski definition) is 5. The van der Waals surface area contributed by atoms with Gasteiger partial charge in [0.1, 0.15) is 5.82 Å². The van der Waals surface area contributed by atoms with E-state index in [1.54, 1.807) is 24.8 Å². The van der Waals surface area contributed by atoms with Crippen molar-refractivity contribution in [3.05, 3.63) is 41.9 Å². The number of fused-ring (bicyclic) bond motifs is 1.